The first-order valence-corrected chi connectivity index (χ1v) is 6.33. The molecule has 1 aromatic rings. The van der Waals surface area contributed by atoms with Gasteiger partial charge in [-0.2, -0.15) is 13.2 Å². The topological polar surface area (TPSA) is 32.3 Å². The molecular formula is C14H17F3N2O. The van der Waals surface area contributed by atoms with Crippen LogP contribution in [0.1, 0.15) is 25.0 Å². The van der Waals surface area contributed by atoms with Crippen molar-refractivity contribution in [1.82, 2.24) is 10.2 Å². The molecule has 20 heavy (non-hydrogen) atoms. The van der Waals surface area contributed by atoms with Crippen molar-refractivity contribution in [1.29, 1.82) is 0 Å². The molecule has 1 saturated heterocycles. The third-order valence-corrected chi connectivity index (χ3v) is 3.72. The summed E-state index contributed by atoms with van der Waals surface area (Å²) in [6.07, 6.45) is -3.95. The van der Waals surface area contributed by atoms with Gasteiger partial charge in [0.25, 0.3) is 0 Å². The van der Waals surface area contributed by atoms with E-state index in [2.05, 4.69) is 5.32 Å². The van der Waals surface area contributed by atoms with Gasteiger partial charge in [0.2, 0.25) is 5.91 Å². The molecule has 1 fully saturated rings. The number of nitrogens with zero attached hydrogens (tertiary/aromatic N) is 1. The maximum absolute atomic E-state index is 12.5. The highest BCUT2D eigenvalue weighted by atomic mass is 19.4. The maximum atomic E-state index is 12.5. The second-order valence-electron chi connectivity index (χ2n) is 5.55. The molecule has 0 aromatic heterocycles. The van der Waals surface area contributed by atoms with E-state index < -0.39 is 23.4 Å². The predicted octanol–water partition coefficient (Wildman–Crippen LogP) is 2.41. The number of hydrogen-bond donors (Lipinski definition) is 1. The van der Waals surface area contributed by atoms with Gasteiger partial charge in [-0.25, -0.2) is 0 Å². The van der Waals surface area contributed by atoms with Gasteiger partial charge in [0, 0.05) is 7.05 Å². The minimum absolute atomic E-state index is 0.0464. The normalized spacial score (nSPS) is 22.4. The lowest BCUT2D eigenvalue weighted by Crippen LogP contribution is -2.45. The first-order chi connectivity index (χ1) is 9.11. The Morgan fingerprint density at radius 1 is 1.25 bits per heavy atom. The van der Waals surface area contributed by atoms with Gasteiger partial charge in [-0.3, -0.25) is 10.1 Å². The molecule has 0 bridgehead atoms. The number of likely N-dealkylation sites (N-methyl/N-ethyl adjacent to an activating group) is 1. The molecule has 0 radical (unpaired) electrons. The van der Waals surface area contributed by atoms with E-state index in [1.165, 1.54) is 12.1 Å². The van der Waals surface area contributed by atoms with Gasteiger partial charge in [-0.15, -0.1) is 0 Å². The Hall–Kier alpha value is -1.56. The number of nitrogens with one attached hydrogen (secondary N) is 1. The van der Waals surface area contributed by atoms with Gasteiger partial charge >= 0.3 is 6.18 Å². The van der Waals surface area contributed by atoms with Gasteiger partial charge < -0.3 is 4.90 Å². The number of carbonyl (C=O) groups excluding carboxylic acids is 1. The highest BCUT2D eigenvalue weighted by Gasteiger charge is 2.41. The summed E-state index contributed by atoms with van der Waals surface area (Å²) in [6, 6.07) is 4.53. The first kappa shape index (κ1) is 14.8. The largest absolute Gasteiger partial charge is 0.416 e. The third-order valence-electron chi connectivity index (χ3n) is 3.72. The molecule has 1 aliphatic rings. The molecular weight excluding hydrogens is 269 g/mol. The minimum Gasteiger partial charge on any atom is -0.327 e. The molecule has 2 rings (SSSR count). The fourth-order valence-electron chi connectivity index (χ4n) is 2.30. The molecule has 1 aliphatic heterocycles. The molecule has 1 heterocycles. The van der Waals surface area contributed by atoms with E-state index >= 15 is 0 Å². The van der Waals surface area contributed by atoms with Gasteiger partial charge in [-0.05, 0) is 38.0 Å². The minimum atomic E-state index is -4.33. The Morgan fingerprint density at radius 3 is 2.20 bits per heavy atom. The average Bonchev–Trinajstić information content (AvgIpc) is 2.53. The van der Waals surface area contributed by atoms with Gasteiger partial charge in [0.1, 0.15) is 0 Å². The summed E-state index contributed by atoms with van der Waals surface area (Å²) in [5, 5.41) is 3.18. The molecule has 110 valence electrons. The van der Waals surface area contributed by atoms with Crippen molar-refractivity contribution in [3.05, 3.63) is 35.4 Å². The van der Waals surface area contributed by atoms with Crippen LogP contribution < -0.4 is 5.32 Å². The number of benzene rings is 1. The fourth-order valence-corrected chi connectivity index (χ4v) is 2.30. The van der Waals surface area contributed by atoms with E-state index in [1.54, 1.807) is 11.9 Å². The number of alkyl halides is 3. The van der Waals surface area contributed by atoms with E-state index in [0.717, 1.165) is 12.1 Å². The number of hydrogen-bond acceptors (Lipinski definition) is 2. The fraction of sp³-hybridized carbons (Fsp3) is 0.500. The molecule has 6 heteroatoms. The lowest BCUT2D eigenvalue weighted by atomic mass is 10.0. The molecule has 0 spiro atoms. The molecule has 3 nitrogen and oxygen atoms in total. The Balaban J connectivity index is 2.10. The third kappa shape index (κ3) is 2.80. The van der Waals surface area contributed by atoms with Crippen molar-refractivity contribution in [3.8, 4) is 0 Å². The SMILES string of the molecule is CN1C(=O)[C@H](Cc2ccc(C(F)(F)F)cc2)NC1(C)C. The van der Waals surface area contributed by atoms with E-state index in [1.807, 2.05) is 13.8 Å². The molecule has 0 saturated carbocycles. The molecule has 1 aromatic carbocycles. The van der Waals surface area contributed by atoms with Crippen molar-refractivity contribution in [2.24, 2.45) is 0 Å². The highest BCUT2D eigenvalue weighted by Crippen LogP contribution is 2.29. The van der Waals surface area contributed by atoms with Crippen molar-refractivity contribution in [2.75, 3.05) is 7.05 Å². The first-order valence-electron chi connectivity index (χ1n) is 6.33. The summed E-state index contributed by atoms with van der Waals surface area (Å²) < 4.78 is 37.4. The summed E-state index contributed by atoms with van der Waals surface area (Å²) in [4.78, 5) is 13.6. The summed E-state index contributed by atoms with van der Waals surface area (Å²) in [5.74, 6) is -0.0464. The molecule has 0 unspecified atom stereocenters. The quantitative estimate of drug-likeness (QED) is 0.905. The summed E-state index contributed by atoms with van der Waals surface area (Å²) >= 11 is 0. The number of amides is 1. The maximum Gasteiger partial charge on any atom is 0.416 e. The van der Waals surface area contributed by atoms with Gasteiger partial charge in [0.05, 0.1) is 17.3 Å². The van der Waals surface area contributed by atoms with Crippen molar-refractivity contribution in [2.45, 2.75) is 38.1 Å². The molecule has 1 N–H and O–H groups in total. The molecule has 1 atom stereocenters. The number of carbonyl (C=O) groups is 1. The van der Waals surface area contributed by atoms with Crippen LogP contribution in [-0.4, -0.2) is 29.6 Å². The lowest BCUT2D eigenvalue weighted by Gasteiger charge is -2.27. The Morgan fingerprint density at radius 2 is 1.80 bits per heavy atom. The van der Waals surface area contributed by atoms with Crippen LogP contribution in [0, 0.1) is 0 Å². The van der Waals surface area contributed by atoms with Crippen LogP contribution >= 0.6 is 0 Å². The van der Waals surface area contributed by atoms with Crippen LogP contribution in [0.25, 0.3) is 0 Å². The predicted molar refractivity (Wildman–Crippen MR) is 68.9 cm³/mol. The lowest BCUT2D eigenvalue weighted by molar-refractivity contribution is -0.137. The van der Waals surface area contributed by atoms with Crippen LogP contribution in [-0.2, 0) is 17.4 Å². The Labute approximate surface area is 115 Å². The van der Waals surface area contributed by atoms with Crippen molar-refractivity contribution in [3.63, 3.8) is 0 Å². The zero-order valence-electron chi connectivity index (χ0n) is 11.6. The Bertz CT molecular complexity index is 508. The zero-order valence-corrected chi connectivity index (χ0v) is 11.6. The highest BCUT2D eigenvalue weighted by molar-refractivity contribution is 5.85. The van der Waals surface area contributed by atoms with Crippen LogP contribution in [0.3, 0.4) is 0 Å². The zero-order chi connectivity index (χ0) is 15.1. The van der Waals surface area contributed by atoms with Crippen LogP contribution in [0.5, 0.6) is 0 Å². The summed E-state index contributed by atoms with van der Waals surface area (Å²) in [6.45, 7) is 3.77. The van der Waals surface area contributed by atoms with E-state index in [9.17, 15) is 18.0 Å². The monoisotopic (exact) mass is 286 g/mol. The van der Waals surface area contributed by atoms with Crippen LogP contribution in [0.4, 0.5) is 13.2 Å². The second-order valence-corrected chi connectivity index (χ2v) is 5.55. The summed E-state index contributed by atoms with van der Waals surface area (Å²) in [5.41, 5.74) is -0.410. The summed E-state index contributed by atoms with van der Waals surface area (Å²) in [7, 11) is 1.71. The molecule has 1 amide bonds. The number of halogens is 3. The Kier molecular flexibility index (Phi) is 3.54. The van der Waals surface area contributed by atoms with Crippen LogP contribution in [0.15, 0.2) is 24.3 Å². The smallest absolute Gasteiger partial charge is 0.327 e. The van der Waals surface area contributed by atoms with E-state index in [0.29, 0.717) is 12.0 Å². The van der Waals surface area contributed by atoms with Gasteiger partial charge in [-0.1, -0.05) is 12.1 Å². The number of rotatable bonds is 2. The van der Waals surface area contributed by atoms with Crippen molar-refractivity contribution < 1.29 is 18.0 Å². The van der Waals surface area contributed by atoms with Gasteiger partial charge in [0.15, 0.2) is 0 Å². The van der Waals surface area contributed by atoms with Crippen molar-refractivity contribution >= 4 is 5.91 Å². The van der Waals surface area contributed by atoms with Crippen LogP contribution in [0.2, 0.25) is 0 Å². The van der Waals surface area contributed by atoms with E-state index in [4.69, 9.17) is 0 Å². The average molecular weight is 286 g/mol. The second kappa shape index (κ2) is 4.77. The van der Waals surface area contributed by atoms with E-state index in [-0.39, 0.29) is 5.91 Å². The standard InChI is InChI=1S/C14H17F3N2O/c1-13(2)18-11(12(20)19(13)3)8-9-4-6-10(7-5-9)14(15,16)17/h4-7,11,18H,8H2,1-3H3/t11-/m0/s1. The molecule has 0 aliphatic carbocycles.